The summed E-state index contributed by atoms with van der Waals surface area (Å²) in [5.74, 6) is 0.638. The number of ether oxygens (including phenoxy) is 1. The van der Waals surface area contributed by atoms with Crippen molar-refractivity contribution in [3.8, 4) is 17.0 Å². The summed E-state index contributed by atoms with van der Waals surface area (Å²) in [4.78, 5) is 19.5. The highest BCUT2D eigenvalue weighted by Gasteiger charge is 2.21. The van der Waals surface area contributed by atoms with Gasteiger partial charge in [0.25, 0.3) is 5.91 Å². The zero-order valence-electron chi connectivity index (χ0n) is 16.7. The molecule has 0 spiro atoms. The fraction of sp³-hybridized carbons (Fsp3) is 0.125. The predicted octanol–water partition coefficient (Wildman–Crippen LogP) is 4.23. The van der Waals surface area contributed by atoms with Crippen LogP contribution in [-0.4, -0.2) is 39.1 Å². The topological polar surface area (TPSA) is 59.7 Å². The maximum atomic E-state index is 13.3. The molecule has 0 atom stereocenters. The van der Waals surface area contributed by atoms with Gasteiger partial charge in [0.2, 0.25) is 0 Å². The monoisotopic (exact) mass is 398 g/mol. The van der Waals surface area contributed by atoms with Gasteiger partial charge in [-0.25, -0.2) is 9.50 Å². The number of rotatable bonds is 7. The first-order valence-electron chi connectivity index (χ1n) is 9.62. The standard InChI is InChI=1S/C24H22N4O2/c1-3-15-27(17-18-9-11-20(30-2)12-10-18)24(29)21-16-26-28-22(13-14-25-23(21)28)19-7-5-4-6-8-19/h3-14,16H,1,15,17H2,2H3. The molecule has 6 heteroatoms. The van der Waals surface area contributed by atoms with Crippen LogP contribution in [0.5, 0.6) is 5.75 Å². The molecule has 6 nitrogen and oxygen atoms in total. The predicted molar refractivity (Wildman–Crippen MR) is 116 cm³/mol. The van der Waals surface area contributed by atoms with Gasteiger partial charge in [-0.1, -0.05) is 48.5 Å². The quantitative estimate of drug-likeness (QED) is 0.437. The maximum Gasteiger partial charge on any atom is 0.259 e. The van der Waals surface area contributed by atoms with Crippen LogP contribution in [0.1, 0.15) is 15.9 Å². The molecule has 2 aromatic carbocycles. The van der Waals surface area contributed by atoms with Crippen LogP contribution in [0.4, 0.5) is 0 Å². The van der Waals surface area contributed by atoms with Crippen molar-refractivity contribution in [3.05, 3.63) is 96.8 Å². The van der Waals surface area contributed by atoms with Crippen molar-refractivity contribution in [2.45, 2.75) is 6.54 Å². The average molecular weight is 398 g/mol. The van der Waals surface area contributed by atoms with Crippen LogP contribution in [0.25, 0.3) is 16.9 Å². The minimum Gasteiger partial charge on any atom is -0.497 e. The summed E-state index contributed by atoms with van der Waals surface area (Å²) in [6.07, 6.45) is 5.01. The fourth-order valence-corrected chi connectivity index (χ4v) is 3.37. The molecule has 0 aliphatic rings. The van der Waals surface area contributed by atoms with Crippen molar-refractivity contribution in [1.82, 2.24) is 19.5 Å². The van der Waals surface area contributed by atoms with Crippen LogP contribution in [0, 0.1) is 0 Å². The lowest BCUT2D eigenvalue weighted by Gasteiger charge is -2.21. The molecule has 0 fully saturated rings. The van der Waals surface area contributed by atoms with Gasteiger partial charge in [0.15, 0.2) is 5.65 Å². The largest absolute Gasteiger partial charge is 0.497 e. The lowest BCUT2D eigenvalue weighted by molar-refractivity contribution is 0.0764. The maximum absolute atomic E-state index is 13.3. The second-order valence-electron chi connectivity index (χ2n) is 6.81. The van der Waals surface area contributed by atoms with E-state index in [9.17, 15) is 4.79 Å². The molecule has 0 saturated carbocycles. The van der Waals surface area contributed by atoms with E-state index in [-0.39, 0.29) is 5.91 Å². The molecule has 0 N–H and O–H groups in total. The van der Waals surface area contributed by atoms with Crippen LogP contribution in [0.3, 0.4) is 0 Å². The Balaban J connectivity index is 1.67. The summed E-state index contributed by atoms with van der Waals surface area (Å²) in [7, 11) is 1.63. The van der Waals surface area contributed by atoms with Gasteiger partial charge in [0, 0.05) is 24.8 Å². The Bertz CT molecular complexity index is 1170. The van der Waals surface area contributed by atoms with Gasteiger partial charge in [-0.05, 0) is 23.8 Å². The number of amides is 1. The first-order chi connectivity index (χ1) is 14.7. The van der Waals surface area contributed by atoms with E-state index >= 15 is 0 Å². The molecule has 0 bridgehead atoms. The molecule has 4 rings (SSSR count). The summed E-state index contributed by atoms with van der Waals surface area (Å²) in [6.45, 7) is 4.67. The van der Waals surface area contributed by atoms with Gasteiger partial charge in [0.1, 0.15) is 11.3 Å². The highest BCUT2D eigenvalue weighted by atomic mass is 16.5. The number of carbonyl (C=O) groups is 1. The van der Waals surface area contributed by atoms with Crippen molar-refractivity contribution in [2.75, 3.05) is 13.7 Å². The molecule has 150 valence electrons. The van der Waals surface area contributed by atoms with Crippen LogP contribution in [-0.2, 0) is 6.54 Å². The molecule has 2 aromatic heterocycles. The first kappa shape index (κ1) is 19.4. The van der Waals surface area contributed by atoms with E-state index in [0.717, 1.165) is 22.6 Å². The molecule has 2 heterocycles. The Morgan fingerprint density at radius 1 is 1.13 bits per heavy atom. The third-order valence-corrected chi connectivity index (χ3v) is 4.87. The second kappa shape index (κ2) is 8.61. The van der Waals surface area contributed by atoms with E-state index in [1.807, 2.05) is 60.7 Å². The number of fused-ring (bicyclic) bond motifs is 1. The number of aromatic nitrogens is 3. The Hall–Kier alpha value is -3.93. The molecular formula is C24H22N4O2. The number of methoxy groups -OCH3 is 1. The summed E-state index contributed by atoms with van der Waals surface area (Å²) < 4.78 is 6.92. The highest BCUT2D eigenvalue weighted by molar-refractivity contribution is 6.00. The average Bonchev–Trinajstić information content (AvgIpc) is 3.23. The molecule has 0 aliphatic carbocycles. The number of hydrogen-bond acceptors (Lipinski definition) is 4. The van der Waals surface area contributed by atoms with E-state index in [0.29, 0.717) is 24.3 Å². The van der Waals surface area contributed by atoms with E-state index in [4.69, 9.17) is 4.74 Å². The molecule has 4 aromatic rings. The van der Waals surface area contributed by atoms with Crippen molar-refractivity contribution >= 4 is 11.6 Å². The van der Waals surface area contributed by atoms with E-state index in [2.05, 4.69) is 16.7 Å². The summed E-state index contributed by atoms with van der Waals surface area (Å²) in [5, 5.41) is 4.45. The molecule has 30 heavy (non-hydrogen) atoms. The van der Waals surface area contributed by atoms with Crippen LogP contribution in [0.2, 0.25) is 0 Å². The molecule has 1 amide bonds. The molecule has 0 radical (unpaired) electrons. The van der Waals surface area contributed by atoms with Gasteiger partial charge in [0.05, 0.1) is 19.0 Å². The zero-order valence-corrected chi connectivity index (χ0v) is 16.7. The van der Waals surface area contributed by atoms with Gasteiger partial charge >= 0.3 is 0 Å². The van der Waals surface area contributed by atoms with Crippen LogP contribution >= 0.6 is 0 Å². The molecular weight excluding hydrogens is 376 g/mol. The lowest BCUT2D eigenvalue weighted by atomic mass is 10.1. The van der Waals surface area contributed by atoms with Gasteiger partial charge in [-0.15, -0.1) is 6.58 Å². The summed E-state index contributed by atoms with van der Waals surface area (Å²) in [6, 6.07) is 19.5. The van der Waals surface area contributed by atoms with Crippen LogP contribution < -0.4 is 4.74 Å². The molecule has 0 saturated heterocycles. The van der Waals surface area contributed by atoms with Crippen molar-refractivity contribution in [3.63, 3.8) is 0 Å². The van der Waals surface area contributed by atoms with Crippen molar-refractivity contribution in [1.29, 1.82) is 0 Å². The Kier molecular flexibility index (Phi) is 5.57. The molecule has 0 aliphatic heterocycles. The number of carbonyl (C=O) groups excluding carboxylic acids is 1. The Labute approximate surface area is 175 Å². The minimum atomic E-state index is -0.140. The number of nitrogens with zero attached hydrogens (tertiary/aromatic N) is 4. The summed E-state index contributed by atoms with van der Waals surface area (Å²) in [5.41, 5.74) is 3.88. The highest BCUT2D eigenvalue weighted by Crippen LogP contribution is 2.22. The number of hydrogen-bond donors (Lipinski definition) is 0. The second-order valence-corrected chi connectivity index (χ2v) is 6.81. The third kappa shape index (κ3) is 3.80. The van der Waals surface area contributed by atoms with Gasteiger partial charge in [-0.2, -0.15) is 5.10 Å². The van der Waals surface area contributed by atoms with Crippen molar-refractivity contribution < 1.29 is 9.53 Å². The van der Waals surface area contributed by atoms with E-state index in [1.54, 1.807) is 35.0 Å². The lowest BCUT2D eigenvalue weighted by Crippen LogP contribution is -2.30. The van der Waals surface area contributed by atoms with Gasteiger partial charge < -0.3 is 9.64 Å². The molecule has 0 unspecified atom stereocenters. The van der Waals surface area contributed by atoms with E-state index in [1.165, 1.54) is 0 Å². The van der Waals surface area contributed by atoms with E-state index < -0.39 is 0 Å². The van der Waals surface area contributed by atoms with Crippen LogP contribution in [0.15, 0.2) is 85.7 Å². The minimum absolute atomic E-state index is 0.140. The first-order valence-corrected chi connectivity index (χ1v) is 9.62. The Morgan fingerprint density at radius 2 is 1.90 bits per heavy atom. The third-order valence-electron chi connectivity index (χ3n) is 4.87. The SMILES string of the molecule is C=CCN(Cc1ccc(OC)cc1)C(=O)c1cnn2c(-c3ccccc3)ccnc12. The smallest absolute Gasteiger partial charge is 0.259 e. The fourth-order valence-electron chi connectivity index (χ4n) is 3.37. The Morgan fingerprint density at radius 3 is 2.60 bits per heavy atom. The normalized spacial score (nSPS) is 10.7. The van der Waals surface area contributed by atoms with Gasteiger partial charge in [-0.3, -0.25) is 4.79 Å². The zero-order chi connectivity index (χ0) is 20.9. The number of benzene rings is 2. The van der Waals surface area contributed by atoms with Crippen molar-refractivity contribution in [2.24, 2.45) is 0 Å². The summed E-state index contributed by atoms with van der Waals surface area (Å²) >= 11 is 0.